The molecule has 6 nitrogen and oxygen atoms in total. The number of halogens is 2. The third-order valence-corrected chi connectivity index (χ3v) is 3.55. The van der Waals surface area contributed by atoms with E-state index in [1.807, 2.05) is 0 Å². The Hall–Kier alpha value is -2.18. The van der Waals surface area contributed by atoms with Crippen molar-refractivity contribution in [1.82, 2.24) is 19.6 Å². The van der Waals surface area contributed by atoms with Gasteiger partial charge in [0.2, 0.25) is 0 Å². The minimum atomic E-state index is -0.998. The molecule has 0 aliphatic heterocycles. The molecule has 0 radical (unpaired) electrons. The highest BCUT2D eigenvalue weighted by Gasteiger charge is 2.12. The highest BCUT2D eigenvalue weighted by atomic mass is 35.5. The molecule has 0 saturated carbocycles. The lowest BCUT2D eigenvalue weighted by molar-refractivity contribution is -0.136. The zero-order valence-corrected chi connectivity index (χ0v) is 12.0. The topological polar surface area (TPSA) is 80.4 Å². The number of hydrogen-bond acceptors (Lipinski definition) is 4. The Balaban J connectivity index is 2.15. The van der Waals surface area contributed by atoms with Crippen molar-refractivity contribution < 1.29 is 9.90 Å². The molecule has 0 fully saturated rings. The van der Waals surface area contributed by atoms with Crippen LogP contribution in [0, 0.1) is 0 Å². The van der Waals surface area contributed by atoms with Crippen LogP contribution in [-0.4, -0.2) is 30.7 Å². The quantitative estimate of drug-likeness (QED) is 0.801. The van der Waals surface area contributed by atoms with Crippen molar-refractivity contribution in [3.8, 4) is 11.3 Å². The molecule has 0 aliphatic rings. The molecule has 1 N–H and O–H groups in total. The van der Waals surface area contributed by atoms with E-state index in [0.717, 1.165) is 5.56 Å². The van der Waals surface area contributed by atoms with Gasteiger partial charge in [0.15, 0.2) is 5.82 Å². The smallest absolute Gasteiger partial charge is 0.311 e. The number of carboxylic acid groups (broad SMARTS) is 1. The zero-order valence-electron chi connectivity index (χ0n) is 10.5. The summed E-state index contributed by atoms with van der Waals surface area (Å²) in [5.41, 5.74) is 1.48. The highest BCUT2D eigenvalue weighted by molar-refractivity contribution is 6.42. The molecule has 0 spiro atoms. The SMILES string of the molecule is O=C(O)Cc1nc2nccc(-c3ccc(Cl)c(Cl)c3)n2n1. The average molecular weight is 323 g/mol. The predicted molar refractivity (Wildman–Crippen MR) is 77.6 cm³/mol. The number of aliphatic carboxylic acids is 1. The Kier molecular flexibility index (Phi) is 3.48. The predicted octanol–water partition coefficient (Wildman–Crippen LogP) is 2.73. The molecular weight excluding hydrogens is 315 g/mol. The summed E-state index contributed by atoms with van der Waals surface area (Å²) in [6.45, 7) is 0. The van der Waals surface area contributed by atoms with Crippen molar-refractivity contribution in [2.24, 2.45) is 0 Å². The van der Waals surface area contributed by atoms with Gasteiger partial charge in [-0.25, -0.2) is 4.98 Å². The van der Waals surface area contributed by atoms with E-state index in [0.29, 0.717) is 21.5 Å². The average Bonchev–Trinajstić information content (AvgIpc) is 2.83. The molecule has 3 aromatic rings. The van der Waals surface area contributed by atoms with Gasteiger partial charge in [-0.1, -0.05) is 29.3 Å². The fourth-order valence-corrected chi connectivity index (χ4v) is 2.22. The molecule has 0 saturated heterocycles. The second-order valence-corrected chi connectivity index (χ2v) is 5.08. The van der Waals surface area contributed by atoms with Crippen LogP contribution < -0.4 is 0 Å². The number of carbonyl (C=O) groups is 1. The van der Waals surface area contributed by atoms with Gasteiger partial charge in [-0.3, -0.25) is 4.79 Å². The first-order valence-corrected chi connectivity index (χ1v) is 6.68. The van der Waals surface area contributed by atoms with Gasteiger partial charge < -0.3 is 5.11 Å². The molecule has 3 rings (SSSR count). The summed E-state index contributed by atoms with van der Waals surface area (Å²) in [7, 11) is 0. The number of fused-ring (bicyclic) bond motifs is 1. The van der Waals surface area contributed by atoms with Crippen LogP contribution in [0.2, 0.25) is 10.0 Å². The second kappa shape index (κ2) is 5.31. The van der Waals surface area contributed by atoms with Crippen molar-refractivity contribution in [2.45, 2.75) is 6.42 Å². The summed E-state index contributed by atoms with van der Waals surface area (Å²) < 4.78 is 1.48. The monoisotopic (exact) mass is 322 g/mol. The van der Waals surface area contributed by atoms with Crippen molar-refractivity contribution in [3.05, 3.63) is 46.3 Å². The Bertz CT molecular complexity index is 847. The summed E-state index contributed by atoms with van der Waals surface area (Å²) in [6, 6.07) is 6.92. The van der Waals surface area contributed by atoms with Gasteiger partial charge >= 0.3 is 5.97 Å². The van der Waals surface area contributed by atoms with Crippen LogP contribution in [0.5, 0.6) is 0 Å². The van der Waals surface area contributed by atoms with E-state index in [2.05, 4.69) is 15.1 Å². The van der Waals surface area contributed by atoms with Gasteiger partial charge in [0, 0.05) is 11.8 Å². The lowest BCUT2D eigenvalue weighted by Crippen LogP contribution is -2.02. The maximum absolute atomic E-state index is 10.7. The first kappa shape index (κ1) is 13.8. The van der Waals surface area contributed by atoms with Gasteiger partial charge in [0.25, 0.3) is 5.78 Å². The molecule has 8 heteroatoms. The Morgan fingerprint density at radius 2 is 2.05 bits per heavy atom. The number of aromatic nitrogens is 4. The molecule has 0 atom stereocenters. The first-order chi connectivity index (χ1) is 10.0. The lowest BCUT2D eigenvalue weighted by Gasteiger charge is -2.04. The van der Waals surface area contributed by atoms with E-state index >= 15 is 0 Å². The normalized spacial score (nSPS) is 11.0. The number of benzene rings is 1. The number of carboxylic acids is 1. The van der Waals surface area contributed by atoms with Crippen LogP contribution in [-0.2, 0) is 11.2 Å². The molecule has 0 unspecified atom stereocenters. The molecule has 1 aromatic carbocycles. The van der Waals surface area contributed by atoms with Crippen LogP contribution in [0.3, 0.4) is 0 Å². The first-order valence-electron chi connectivity index (χ1n) is 5.92. The van der Waals surface area contributed by atoms with Gasteiger partial charge in [-0.05, 0) is 18.2 Å². The summed E-state index contributed by atoms with van der Waals surface area (Å²) >= 11 is 11.9. The van der Waals surface area contributed by atoms with Crippen LogP contribution in [0.4, 0.5) is 0 Å². The fourth-order valence-electron chi connectivity index (χ4n) is 1.92. The Morgan fingerprint density at radius 3 is 2.76 bits per heavy atom. The zero-order chi connectivity index (χ0) is 15.0. The van der Waals surface area contributed by atoms with Crippen LogP contribution >= 0.6 is 23.2 Å². The van der Waals surface area contributed by atoms with Gasteiger partial charge in [0.1, 0.15) is 6.42 Å². The van der Waals surface area contributed by atoms with E-state index in [-0.39, 0.29) is 12.2 Å². The van der Waals surface area contributed by atoms with Crippen LogP contribution in [0.1, 0.15) is 5.82 Å². The molecule has 0 amide bonds. The minimum absolute atomic E-state index is 0.197. The number of rotatable bonds is 3. The van der Waals surface area contributed by atoms with E-state index < -0.39 is 5.97 Å². The van der Waals surface area contributed by atoms with Crippen molar-refractivity contribution >= 4 is 34.9 Å². The van der Waals surface area contributed by atoms with E-state index in [4.69, 9.17) is 28.3 Å². The van der Waals surface area contributed by atoms with Crippen molar-refractivity contribution in [1.29, 1.82) is 0 Å². The summed E-state index contributed by atoms with van der Waals surface area (Å²) in [5, 5.41) is 13.8. The van der Waals surface area contributed by atoms with Crippen LogP contribution in [0.25, 0.3) is 17.0 Å². The third kappa shape index (κ3) is 2.68. The molecule has 0 aliphatic carbocycles. The Labute approximate surface area is 129 Å². The second-order valence-electron chi connectivity index (χ2n) is 4.27. The van der Waals surface area contributed by atoms with Crippen molar-refractivity contribution in [2.75, 3.05) is 0 Å². The summed E-state index contributed by atoms with van der Waals surface area (Å²) in [4.78, 5) is 18.9. The third-order valence-electron chi connectivity index (χ3n) is 2.81. The number of nitrogens with zero attached hydrogens (tertiary/aromatic N) is 4. The molecule has 106 valence electrons. The van der Waals surface area contributed by atoms with E-state index in [9.17, 15) is 4.79 Å². The largest absolute Gasteiger partial charge is 0.481 e. The van der Waals surface area contributed by atoms with E-state index in [1.54, 1.807) is 30.5 Å². The lowest BCUT2D eigenvalue weighted by atomic mass is 10.1. The maximum Gasteiger partial charge on any atom is 0.311 e. The van der Waals surface area contributed by atoms with Gasteiger partial charge in [0.05, 0.1) is 15.7 Å². The molecule has 2 heterocycles. The Morgan fingerprint density at radius 1 is 1.24 bits per heavy atom. The van der Waals surface area contributed by atoms with Gasteiger partial charge in [-0.15, -0.1) is 5.10 Å². The molecule has 21 heavy (non-hydrogen) atoms. The molecular formula is C13H8Cl2N4O2. The summed E-state index contributed by atoms with van der Waals surface area (Å²) in [6.07, 6.45) is 1.32. The minimum Gasteiger partial charge on any atom is -0.481 e. The molecule has 0 bridgehead atoms. The number of hydrogen-bond donors (Lipinski definition) is 1. The fraction of sp³-hybridized carbons (Fsp3) is 0.0769. The highest BCUT2D eigenvalue weighted by Crippen LogP contribution is 2.28. The summed E-state index contributed by atoms with van der Waals surface area (Å²) in [5.74, 6) is -0.473. The van der Waals surface area contributed by atoms with Gasteiger partial charge in [-0.2, -0.15) is 9.50 Å². The molecule has 2 aromatic heterocycles. The van der Waals surface area contributed by atoms with E-state index in [1.165, 1.54) is 4.52 Å². The maximum atomic E-state index is 10.7. The van der Waals surface area contributed by atoms with Crippen LogP contribution in [0.15, 0.2) is 30.5 Å². The van der Waals surface area contributed by atoms with Crippen molar-refractivity contribution in [3.63, 3.8) is 0 Å². The standard InChI is InChI=1S/C13H8Cl2N4O2/c14-8-2-1-7(5-9(8)15)10-3-4-16-13-17-11(6-12(20)21)18-19(10)13/h1-5H,6H2,(H,20,21).